The largest absolute Gasteiger partial charge is 0.357 e. The van der Waals surface area contributed by atoms with E-state index >= 15 is 0 Å². The zero-order valence-corrected chi connectivity index (χ0v) is 16.0. The van der Waals surface area contributed by atoms with Crippen LogP contribution in [0.4, 0.5) is 0 Å². The van der Waals surface area contributed by atoms with Crippen molar-refractivity contribution in [3.63, 3.8) is 0 Å². The molecule has 6 heteroatoms. The third-order valence-electron chi connectivity index (χ3n) is 4.05. The van der Waals surface area contributed by atoms with Gasteiger partial charge in [-0.05, 0) is 31.7 Å². The standard InChI is InChI=1S/C16H29N5.HI/c1-2-17-16(19-12-14-21-13-6-11-20-21)18-10-5-9-15-7-3-4-8-15;/h6,11,13,15H,2-5,7-10,12,14H2,1H3,(H2,17,18,19);1H. The summed E-state index contributed by atoms with van der Waals surface area (Å²) in [6.07, 6.45) is 12.1. The van der Waals surface area contributed by atoms with Crippen LogP contribution in [0.2, 0.25) is 0 Å². The van der Waals surface area contributed by atoms with Crippen LogP contribution >= 0.6 is 24.0 Å². The lowest BCUT2D eigenvalue weighted by atomic mass is 10.0. The van der Waals surface area contributed by atoms with Crippen molar-refractivity contribution in [3.05, 3.63) is 18.5 Å². The van der Waals surface area contributed by atoms with E-state index < -0.39 is 0 Å². The van der Waals surface area contributed by atoms with Crippen LogP contribution < -0.4 is 10.6 Å². The molecule has 0 aliphatic heterocycles. The molecule has 0 bridgehead atoms. The second kappa shape index (κ2) is 11.7. The van der Waals surface area contributed by atoms with Crippen molar-refractivity contribution in [2.24, 2.45) is 10.9 Å². The molecule has 2 N–H and O–H groups in total. The van der Waals surface area contributed by atoms with Crippen LogP contribution in [0.15, 0.2) is 23.5 Å². The first kappa shape index (κ1) is 19.3. The third kappa shape index (κ3) is 7.47. The highest BCUT2D eigenvalue weighted by molar-refractivity contribution is 14.0. The van der Waals surface area contributed by atoms with Crippen molar-refractivity contribution in [2.45, 2.75) is 52.0 Å². The van der Waals surface area contributed by atoms with E-state index in [2.05, 4.69) is 27.6 Å². The summed E-state index contributed by atoms with van der Waals surface area (Å²) in [6.45, 7) is 5.63. The monoisotopic (exact) mass is 419 g/mol. The second-order valence-corrected chi connectivity index (χ2v) is 5.75. The molecule has 2 rings (SSSR count). The van der Waals surface area contributed by atoms with Crippen LogP contribution in [0.25, 0.3) is 0 Å². The second-order valence-electron chi connectivity index (χ2n) is 5.75. The molecule has 0 radical (unpaired) electrons. The molecule has 0 aromatic carbocycles. The highest BCUT2D eigenvalue weighted by Crippen LogP contribution is 2.28. The maximum Gasteiger partial charge on any atom is 0.191 e. The van der Waals surface area contributed by atoms with E-state index in [0.717, 1.165) is 38.1 Å². The molecule has 1 aromatic heterocycles. The molecule has 1 saturated carbocycles. The summed E-state index contributed by atoms with van der Waals surface area (Å²) < 4.78 is 1.93. The topological polar surface area (TPSA) is 54.2 Å². The molecular formula is C16H30IN5. The van der Waals surface area contributed by atoms with Gasteiger partial charge in [-0.25, -0.2) is 0 Å². The van der Waals surface area contributed by atoms with Gasteiger partial charge in [0, 0.05) is 32.0 Å². The molecule has 5 nitrogen and oxygen atoms in total. The molecule has 0 saturated heterocycles. The van der Waals surface area contributed by atoms with Gasteiger partial charge in [-0.3, -0.25) is 9.67 Å². The average molecular weight is 419 g/mol. The molecule has 0 unspecified atom stereocenters. The minimum absolute atomic E-state index is 0. The van der Waals surface area contributed by atoms with E-state index in [1.54, 1.807) is 0 Å². The van der Waals surface area contributed by atoms with Crippen molar-refractivity contribution in [1.29, 1.82) is 0 Å². The smallest absolute Gasteiger partial charge is 0.191 e. The van der Waals surface area contributed by atoms with Gasteiger partial charge in [0.2, 0.25) is 0 Å². The van der Waals surface area contributed by atoms with Gasteiger partial charge in [-0.1, -0.05) is 25.7 Å². The van der Waals surface area contributed by atoms with Crippen LogP contribution in [0, 0.1) is 5.92 Å². The van der Waals surface area contributed by atoms with Gasteiger partial charge in [-0.15, -0.1) is 24.0 Å². The van der Waals surface area contributed by atoms with Gasteiger partial charge in [0.1, 0.15) is 0 Å². The third-order valence-corrected chi connectivity index (χ3v) is 4.05. The van der Waals surface area contributed by atoms with Gasteiger partial charge < -0.3 is 10.6 Å². The lowest BCUT2D eigenvalue weighted by Gasteiger charge is -2.12. The Labute approximate surface area is 151 Å². The summed E-state index contributed by atoms with van der Waals surface area (Å²) in [6, 6.07) is 1.95. The molecule has 1 aromatic rings. The first-order valence-electron chi connectivity index (χ1n) is 8.38. The van der Waals surface area contributed by atoms with E-state index in [0.29, 0.717) is 0 Å². The number of hydrogen-bond acceptors (Lipinski definition) is 2. The molecular weight excluding hydrogens is 389 g/mol. The van der Waals surface area contributed by atoms with Crippen molar-refractivity contribution in [2.75, 3.05) is 19.6 Å². The molecule has 1 aliphatic rings. The predicted octanol–water partition coefficient (Wildman–Crippen LogP) is 3.03. The first-order chi connectivity index (χ1) is 10.4. The lowest BCUT2D eigenvalue weighted by Crippen LogP contribution is -2.39. The average Bonchev–Trinajstić information content (AvgIpc) is 3.17. The predicted molar refractivity (Wildman–Crippen MR) is 103 cm³/mol. The zero-order valence-electron chi connectivity index (χ0n) is 13.6. The number of nitrogens with one attached hydrogen (secondary N) is 2. The molecule has 0 spiro atoms. The highest BCUT2D eigenvalue weighted by Gasteiger charge is 2.13. The summed E-state index contributed by atoms with van der Waals surface area (Å²) in [5.74, 6) is 1.90. The summed E-state index contributed by atoms with van der Waals surface area (Å²) >= 11 is 0. The quantitative estimate of drug-likeness (QED) is 0.295. The molecule has 126 valence electrons. The number of hydrogen-bond donors (Lipinski definition) is 2. The molecule has 22 heavy (non-hydrogen) atoms. The summed E-state index contributed by atoms with van der Waals surface area (Å²) in [4.78, 5) is 4.66. The van der Waals surface area contributed by atoms with Gasteiger partial charge in [0.15, 0.2) is 5.96 Å². The van der Waals surface area contributed by atoms with E-state index in [-0.39, 0.29) is 24.0 Å². The van der Waals surface area contributed by atoms with Gasteiger partial charge >= 0.3 is 0 Å². The number of rotatable bonds is 8. The minimum atomic E-state index is 0. The summed E-state index contributed by atoms with van der Waals surface area (Å²) in [7, 11) is 0. The number of guanidine groups is 1. The zero-order chi connectivity index (χ0) is 14.8. The lowest BCUT2D eigenvalue weighted by molar-refractivity contribution is 0.487. The first-order valence-corrected chi connectivity index (χ1v) is 8.38. The van der Waals surface area contributed by atoms with Crippen molar-refractivity contribution in [3.8, 4) is 0 Å². The Morgan fingerprint density at radius 1 is 1.32 bits per heavy atom. The summed E-state index contributed by atoms with van der Waals surface area (Å²) in [5.41, 5.74) is 0. The Kier molecular flexibility index (Phi) is 10.3. The van der Waals surface area contributed by atoms with E-state index in [9.17, 15) is 0 Å². The number of aliphatic imine (C=N–C) groups is 1. The maximum absolute atomic E-state index is 4.66. The molecule has 1 fully saturated rings. The molecule has 0 amide bonds. The van der Waals surface area contributed by atoms with Crippen LogP contribution in [-0.4, -0.2) is 35.4 Å². The van der Waals surface area contributed by atoms with Crippen LogP contribution in [-0.2, 0) is 6.54 Å². The number of aromatic nitrogens is 2. The Morgan fingerprint density at radius 2 is 2.14 bits per heavy atom. The van der Waals surface area contributed by atoms with E-state index in [1.807, 2.05) is 23.1 Å². The van der Waals surface area contributed by atoms with Crippen molar-refractivity contribution in [1.82, 2.24) is 20.4 Å². The van der Waals surface area contributed by atoms with E-state index in [1.165, 1.54) is 38.5 Å². The molecule has 0 atom stereocenters. The SMILES string of the molecule is CCNC(=NCCCC1CCCC1)NCCn1cccn1.I. The van der Waals surface area contributed by atoms with Crippen LogP contribution in [0.1, 0.15) is 45.4 Å². The minimum Gasteiger partial charge on any atom is -0.357 e. The fraction of sp³-hybridized carbons (Fsp3) is 0.750. The van der Waals surface area contributed by atoms with Crippen molar-refractivity contribution >= 4 is 29.9 Å². The Morgan fingerprint density at radius 3 is 2.82 bits per heavy atom. The highest BCUT2D eigenvalue weighted by atomic mass is 127. The van der Waals surface area contributed by atoms with Gasteiger partial charge in [-0.2, -0.15) is 5.10 Å². The number of nitrogens with zero attached hydrogens (tertiary/aromatic N) is 3. The maximum atomic E-state index is 4.66. The Bertz CT molecular complexity index is 399. The van der Waals surface area contributed by atoms with Crippen LogP contribution in [0.3, 0.4) is 0 Å². The van der Waals surface area contributed by atoms with Crippen molar-refractivity contribution < 1.29 is 0 Å². The Hall–Kier alpha value is -0.790. The normalized spacial score (nSPS) is 15.6. The molecule has 1 heterocycles. The van der Waals surface area contributed by atoms with Gasteiger partial charge in [0.25, 0.3) is 0 Å². The fourth-order valence-electron chi connectivity index (χ4n) is 2.93. The van der Waals surface area contributed by atoms with Crippen LogP contribution in [0.5, 0.6) is 0 Å². The summed E-state index contributed by atoms with van der Waals surface area (Å²) in [5, 5.41) is 10.9. The molecule has 1 aliphatic carbocycles. The Balaban J connectivity index is 0.00000242. The number of halogens is 1. The van der Waals surface area contributed by atoms with Gasteiger partial charge in [0.05, 0.1) is 6.54 Å². The van der Waals surface area contributed by atoms with E-state index in [4.69, 9.17) is 0 Å². The fourth-order valence-corrected chi connectivity index (χ4v) is 2.93.